The maximum absolute atomic E-state index is 11.1. The van der Waals surface area contributed by atoms with Crippen LogP contribution in [-0.2, 0) is 9.53 Å². The van der Waals surface area contributed by atoms with Crippen molar-refractivity contribution in [2.24, 2.45) is 17.1 Å². The third-order valence-corrected chi connectivity index (χ3v) is 4.16. The highest BCUT2D eigenvalue weighted by molar-refractivity contribution is 5.74. The van der Waals surface area contributed by atoms with Crippen molar-refractivity contribution in [3.63, 3.8) is 0 Å². The molecular formula is C11H20N2O3. The van der Waals surface area contributed by atoms with Crippen LogP contribution >= 0.6 is 0 Å². The van der Waals surface area contributed by atoms with Crippen molar-refractivity contribution in [2.75, 3.05) is 33.4 Å². The molecule has 5 heteroatoms. The van der Waals surface area contributed by atoms with Gasteiger partial charge in [-0.05, 0) is 38.9 Å². The summed E-state index contributed by atoms with van der Waals surface area (Å²) in [5, 5.41) is 9.07. The lowest BCUT2D eigenvalue weighted by atomic mass is 9.65. The van der Waals surface area contributed by atoms with Crippen LogP contribution in [0.25, 0.3) is 0 Å². The molecule has 2 heterocycles. The SMILES string of the molecule is CN1CCC(C2(C(N)C(=O)O)COC2)CC1. The summed E-state index contributed by atoms with van der Waals surface area (Å²) in [4.78, 5) is 13.3. The molecule has 0 radical (unpaired) electrons. The summed E-state index contributed by atoms with van der Waals surface area (Å²) in [5.41, 5.74) is 5.52. The molecule has 0 aromatic heterocycles. The first-order valence-corrected chi connectivity index (χ1v) is 5.81. The Labute approximate surface area is 95.5 Å². The van der Waals surface area contributed by atoms with E-state index in [9.17, 15) is 4.79 Å². The first-order chi connectivity index (χ1) is 7.56. The number of piperidine rings is 1. The van der Waals surface area contributed by atoms with Gasteiger partial charge in [0.05, 0.1) is 13.2 Å². The van der Waals surface area contributed by atoms with Gasteiger partial charge in [-0.2, -0.15) is 0 Å². The highest BCUT2D eigenvalue weighted by atomic mass is 16.5. The van der Waals surface area contributed by atoms with Gasteiger partial charge in [0.25, 0.3) is 0 Å². The summed E-state index contributed by atoms with van der Waals surface area (Å²) in [6.07, 6.45) is 2.06. The Morgan fingerprint density at radius 2 is 2.06 bits per heavy atom. The Bertz CT molecular complexity index is 270. The molecule has 0 spiro atoms. The average molecular weight is 228 g/mol. The average Bonchev–Trinajstić information content (AvgIpc) is 2.19. The number of hydrogen-bond donors (Lipinski definition) is 2. The number of likely N-dealkylation sites (tertiary alicyclic amines) is 1. The number of aliphatic carboxylic acids is 1. The van der Waals surface area contributed by atoms with Crippen LogP contribution in [0.2, 0.25) is 0 Å². The van der Waals surface area contributed by atoms with Crippen molar-refractivity contribution < 1.29 is 14.6 Å². The minimum atomic E-state index is -0.901. The number of nitrogens with zero attached hydrogens (tertiary/aromatic N) is 1. The molecule has 1 atom stereocenters. The van der Waals surface area contributed by atoms with Crippen LogP contribution in [0.5, 0.6) is 0 Å². The Balaban J connectivity index is 2.06. The van der Waals surface area contributed by atoms with Crippen LogP contribution < -0.4 is 5.73 Å². The van der Waals surface area contributed by atoms with E-state index < -0.39 is 12.0 Å². The van der Waals surface area contributed by atoms with Gasteiger partial charge in [0, 0.05) is 5.41 Å². The number of carbonyl (C=O) groups is 1. The van der Waals surface area contributed by atoms with Gasteiger partial charge in [0.1, 0.15) is 6.04 Å². The molecule has 92 valence electrons. The number of carboxylic acids is 1. The van der Waals surface area contributed by atoms with Crippen LogP contribution in [0.4, 0.5) is 0 Å². The summed E-state index contributed by atoms with van der Waals surface area (Å²) in [6, 6.07) is -0.783. The molecule has 3 N–H and O–H groups in total. The van der Waals surface area contributed by atoms with Crippen molar-refractivity contribution >= 4 is 5.97 Å². The van der Waals surface area contributed by atoms with Gasteiger partial charge in [0.15, 0.2) is 0 Å². The molecule has 2 aliphatic rings. The maximum Gasteiger partial charge on any atom is 0.321 e. The number of carboxylic acid groups (broad SMARTS) is 1. The van der Waals surface area contributed by atoms with Crippen LogP contribution in [0.1, 0.15) is 12.8 Å². The molecule has 5 nitrogen and oxygen atoms in total. The van der Waals surface area contributed by atoms with Gasteiger partial charge in [-0.1, -0.05) is 0 Å². The molecule has 16 heavy (non-hydrogen) atoms. The molecule has 2 saturated heterocycles. The van der Waals surface area contributed by atoms with Crippen molar-refractivity contribution in [3.05, 3.63) is 0 Å². The van der Waals surface area contributed by atoms with Gasteiger partial charge in [-0.15, -0.1) is 0 Å². The van der Waals surface area contributed by atoms with E-state index >= 15 is 0 Å². The summed E-state index contributed by atoms with van der Waals surface area (Å²) in [6.45, 7) is 3.07. The Kier molecular flexibility index (Phi) is 3.19. The molecule has 0 aliphatic carbocycles. The van der Waals surface area contributed by atoms with Crippen molar-refractivity contribution in [1.82, 2.24) is 4.90 Å². The van der Waals surface area contributed by atoms with E-state index in [1.165, 1.54) is 0 Å². The smallest absolute Gasteiger partial charge is 0.321 e. The van der Waals surface area contributed by atoms with Crippen LogP contribution in [0.3, 0.4) is 0 Å². The van der Waals surface area contributed by atoms with Gasteiger partial charge in [-0.3, -0.25) is 4.79 Å². The number of nitrogens with two attached hydrogens (primary N) is 1. The summed E-state index contributed by atoms with van der Waals surface area (Å²) in [5.74, 6) is -0.509. The highest BCUT2D eigenvalue weighted by Crippen LogP contribution is 2.43. The highest BCUT2D eigenvalue weighted by Gasteiger charge is 2.53. The van der Waals surface area contributed by atoms with E-state index in [0.29, 0.717) is 19.1 Å². The molecule has 2 aliphatic heterocycles. The summed E-state index contributed by atoms with van der Waals surface area (Å²) in [7, 11) is 2.09. The normalized spacial score (nSPS) is 28.4. The lowest BCUT2D eigenvalue weighted by Gasteiger charge is -2.51. The lowest BCUT2D eigenvalue weighted by molar-refractivity contribution is -0.183. The van der Waals surface area contributed by atoms with E-state index in [-0.39, 0.29) is 5.41 Å². The third kappa shape index (κ3) is 1.83. The van der Waals surface area contributed by atoms with Crippen molar-refractivity contribution in [1.29, 1.82) is 0 Å². The topological polar surface area (TPSA) is 75.8 Å². The van der Waals surface area contributed by atoms with Gasteiger partial charge >= 0.3 is 5.97 Å². The quantitative estimate of drug-likeness (QED) is 0.697. The predicted molar refractivity (Wildman–Crippen MR) is 59.1 cm³/mol. The zero-order valence-corrected chi connectivity index (χ0v) is 9.69. The maximum atomic E-state index is 11.1. The molecule has 0 saturated carbocycles. The number of hydrogen-bond acceptors (Lipinski definition) is 4. The van der Waals surface area contributed by atoms with Crippen LogP contribution in [0.15, 0.2) is 0 Å². The van der Waals surface area contributed by atoms with Crippen LogP contribution in [0, 0.1) is 11.3 Å². The molecular weight excluding hydrogens is 208 g/mol. The zero-order chi connectivity index (χ0) is 11.8. The standard InChI is InChI=1S/C11H20N2O3/c1-13-4-2-8(3-5-13)11(6-16-7-11)9(12)10(14)15/h8-9H,2-7,12H2,1H3,(H,14,15). The molecule has 2 rings (SSSR count). The minimum Gasteiger partial charge on any atom is -0.480 e. The fraction of sp³-hybridized carbons (Fsp3) is 0.909. The van der Waals surface area contributed by atoms with Crippen molar-refractivity contribution in [2.45, 2.75) is 18.9 Å². The van der Waals surface area contributed by atoms with Crippen molar-refractivity contribution in [3.8, 4) is 0 Å². The number of rotatable bonds is 3. The lowest BCUT2D eigenvalue weighted by Crippen LogP contribution is -2.63. The molecule has 1 unspecified atom stereocenters. The first-order valence-electron chi connectivity index (χ1n) is 5.81. The van der Waals surface area contributed by atoms with Crippen LogP contribution in [-0.4, -0.2) is 55.4 Å². The fourth-order valence-corrected chi connectivity index (χ4v) is 2.84. The van der Waals surface area contributed by atoms with E-state index in [1.807, 2.05) is 0 Å². The van der Waals surface area contributed by atoms with E-state index in [2.05, 4.69) is 11.9 Å². The van der Waals surface area contributed by atoms with E-state index in [4.69, 9.17) is 15.6 Å². The fourth-order valence-electron chi connectivity index (χ4n) is 2.84. The monoisotopic (exact) mass is 228 g/mol. The summed E-state index contributed by atoms with van der Waals surface area (Å²) >= 11 is 0. The molecule has 0 bridgehead atoms. The second-order valence-corrected chi connectivity index (χ2v) is 5.12. The largest absolute Gasteiger partial charge is 0.480 e. The second kappa shape index (κ2) is 4.31. The minimum absolute atomic E-state index is 0.312. The molecule has 2 fully saturated rings. The number of ether oxygens (including phenoxy) is 1. The van der Waals surface area contributed by atoms with E-state index in [0.717, 1.165) is 25.9 Å². The van der Waals surface area contributed by atoms with Gasteiger partial charge in [-0.25, -0.2) is 0 Å². The van der Waals surface area contributed by atoms with Gasteiger partial charge < -0.3 is 20.5 Å². The molecule has 0 aromatic carbocycles. The summed E-state index contributed by atoms with van der Waals surface area (Å²) < 4.78 is 5.23. The Morgan fingerprint density at radius 1 is 1.50 bits per heavy atom. The molecule has 0 amide bonds. The zero-order valence-electron chi connectivity index (χ0n) is 9.69. The Hall–Kier alpha value is -0.650. The predicted octanol–water partition coefficient (Wildman–Crippen LogP) is -0.243. The van der Waals surface area contributed by atoms with E-state index in [1.54, 1.807) is 0 Å². The molecule has 0 aromatic rings. The second-order valence-electron chi connectivity index (χ2n) is 5.12. The van der Waals surface area contributed by atoms with Gasteiger partial charge in [0.2, 0.25) is 0 Å². The Morgan fingerprint density at radius 3 is 2.44 bits per heavy atom. The third-order valence-electron chi connectivity index (χ3n) is 4.16. The first kappa shape index (κ1) is 11.8.